The van der Waals surface area contributed by atoms with Crippen molar-refractivity contribution < 1.29 is 29.0 Å². The van der Waals surface area contributed by atoms with E-state index in [-0.39, 0.29) is 24.8 Å². The fourth-order valence-electron chi connectivity index (χ4n) is 2.55. The molecule has 1 aliphatic rings. The molecule has 1 aromatic rings. The van der Waals surface area contributed by atoms with Crippen LogP contribution in [0.1, 0.15) is 40.0 Å². The zero-order valence-electron chi connectivity index (χ0n) is 12.7. The number of fused-ring (bicyclic) bond motifs is 1. The molecule has 0 aliphatic carbocycles. The summed E-state index contributed by atoms with van der Waals surface area (Å²) in [7, 11) is 1.14. The van der Waals surface area contributed by atoms with Crippen LogP contribution in [0, 0.1) is 5.92 Å². The number of carbonyl (C=O) groups excluding carboxylic acids is 3. The molecule has 2 amide bonds. The lowest BCUT2D eigenvalue weighted by Gasteiger charge is -2.14. The summed E-state index contributed by atoms with van der Waals surface area (Å²) in [4.78, 5) is 47.7. The van der Waals surface area contributed by atoms with Crippen molar-refractivity contribution in [2.24, 2.45) is 5.92 Å². The summed E-state index contributed by atoms with van der Waals surface area (Å²) in [5.41, 5.74) is 0.769. The van der Waals surface area contributed by atoms with Gasteiger partial charge in [-0.15, -0.1) is 0 Å². The number of aliphatic carboxylic acids is 1. The molecule has 1 heterocycles. The standard InChI is InChI=1S/C16H17NO6/c1-23-16(22)12(15(20)21)8-4-5-9-17-13(18)10-6-2-3-7-11(10)14(17)19/h2-3,6-7,12H,4-5,8-9H2,1H3,(H,20,21). The Labute approximate surface area is 132 Å². The molecule has 122 valence electrons. The van der Waals surface area contributed by atoms with E-state index in [2.05, 4.69) is 4.74 Å². The Bertz CT molecular complexity index is 619. The van der Waals surface area contributed by atoms with Crippen molar-refractivity contribution in [2.75, 3.05) is 13.7 Å². The molecule has 0 radical (unpaired) electrons. The van der Waals surface area contributed by atoms with E-state index in [0.717, 1.165) is 12.0 Å². The van der Waals surface area contributed by atoms with Crippen LogP contribution in [0.2, 0.25) is 0 Å². The lowest BCUT2D eigenvalue weighted by molar-refractivity contribution is -0.157. The van der Waals surface area contributed by atoms with Crippen molar-refractivity contribution >= 4 is 23.8 Å². The fraction of sp³-hybridized carbons (Fsp3) is 0.375. The van der Waals surface area contributed by atoms with Crippen LogP contribution in [0.25, 0.3) is 0 Å². The number of ether oxygens (including phenoxy) is 1. The topological polar surface area (TPSA) is 101 Å². The highest BCUT2D eigenvalue weighted by molar-refractivity contribution is 6.21. The number of carbonyl (C=O) groups is 4. The van der Waals surface area contributed by atoms with Gasteiger partial charge in [0.15, 0.2) is 5.92 Å². The van der Waals surface area contributed by atoms with Crippen molar-refractivity contribution in [3.8, 4) is 0 Å². The highest BCUT2D eigenvalue weighted by Crippen LogP contribution is 2.23. The number of hydrogen-bond donors (Lipinski definition) is 1. The van der Waals surface area contributed by atoms with Gasteiger partial charge in [0, 0.05) is 6.54 Å². The molecule has 7 heteroatoms. The van der Waals surface area contributed by atoms with Gasteiger partial charge in [-0.25, -0.2) is 0 Å². The highest BCUT2D eigenvalue weighted by atomic mass is 16.5. The Morgan fingerprint density at radius 1 is 1.13 bits per heavy atom. The van der Waals surface area contributed by atoms with Gasteiger partial charge in [0.25, 0.3) is 11.8 Å². The molecular formula is C16H17NO6. The Balaban J connectivity index is 1.88. The number of benzene rings is 1. The zero-order chi connectivity index (χ0) is 17.0. The van der Waals surface area contributed by atoms with Gasteiger partial charge in [0.1, 0.15) is 0 Å². The summed E-state index contributed by atoms with van der Waals surface area (Å²) in [5, 5.41) is 8.97. The van der Waals surface area contributed by atoms with E-state index in [1.54, 1.807) is 24.3 Å². The third kappa shape index (κ3) is 3.39. The van der Waals surface area contributed by atoms with E-state index < -0.39 is 17.9 Å². The first-order chi connectivity index (χ1) is 11.0. The minimum atomic E-state index is -1.24. The number of carboxylic acid groups (broad SMARTS) is 1. The second-order valence-corrected chi connectivity index (χ2v) is 5.22. The molecule has 2 rings (SSSR count). The molecule has 7 nitrogen and oxygen atoms in total. The second kappa shape index (κ2) is 7.04. The predicted octanol–water partition coefficient (Wildman–Crippen LogP) is 1.33. The maximum atomic E-state index is 12.1. The molecule has 1 N–H and O–H groups in total. The average Bonchev–Trinajstić information content (AvgIpc) is 2.79. The molecule has 0 bridgehead atoms. The van der Waals surface area contributed by atoms with E-state index in [1.807, 2.05) is 0 Å². The monoisotopic (exact) mass is 319 g/mol. The van der Waals surface area contributed by atoms with E-state index in [0.29, 0.717) is 24.0 Å². The highest BCUT2D eigenvalue weighted by Gasteiger charge is 2.34. The van der Waals surface area contributed by atoms with Gasteiger partial charge in [0.2, 0.25) is 0 Å². The molecule has 1 atom stereocenters. The Morgan fingerprint density at radius 2 is 1.70 bits per heavy atom. The molecule has 23 heavy (non-hydrogen) atoms. The SMILES string of the molecule is COC(=O)C(CCCCN1C(=O)c2ccccc2C1=O)C(=O)O. The Hall–Kier alpha value is -2.70. The van der Waals surface area contributed by atoms with Crippen LogP contribution >= 0.6 is 0 Å². The summed E-state index contributed by atoms with van der Waals surface area (Å²) in [6.07, 6.45) is 0.914. The second-order valence-electron chi connectivity index (χ2n) is 5.22. The lowest BCUT2D eigenvalue weighted by atomic mass is 10.0. The van der Waals surface area contributed by atoms with E-state index in [1.165, 1.54) is 0 Å². The summed E-state index contributed by atoms with van der Waals surface area (Å²) >= 11 is 0. The molecule has 0 saturated heterocycles. The molecule has 1 aromatic carbocycles. The minimum Gasteiger partial charge on any atom is -0.481 e. The lowest BCUT2D eigenvalue weighted by Crippen LogP contribution is -2.31. The van der Waals surface area contributed by atoms with E-state index >= 15 is 0 Å². The summed E-state index contributed by atoms with van der Waals surface area (Å²) in [6.45, 7) is 0.194. The third-order valence-electron chi connectivity index (χ3n) is 3.79. The van der Waals surface area contributed by atoms with Crippen LogP contribution < -0.4 is 0 Å². The van der Waals surface area contributed by atoms with Crippen LogP contribution in [-0.2, 0) is 14.3 Å². The Morgan fingerprint density at radius 3 is 2.17 bits per heavy atom. The largest absolute Gasteiger partial charge is 0.481 e. The van der Waals surface area contributed by atoms with Gasteiger partial charge in [-0.05, 0) is 25.0 Å². The molecule has 0 aromatic heterocycles. The number of unbranched alkanes of at least 4 members (excludes halogenated alkanes) is 1. The van der Waals surface area contributed by atoms with Crippen LogP contribution in [0.4, 0.5) is 0 Å². The molecule has 0 saturated carbocycles. The fourth-order valence-corrected chi connectivity index (χ4v) is 2.55. The van der Waals surface area contributed by atoms with Crippen LogP contribution in [-0.4, -0.2) is 47.4 Å². The van der Waals surface area contributed by atoms with Gasteiger partial charge >= 0.3 is 11.9 Å². The van der Waals surface area contributed by atoms with E-state index in [4.69, 9.17) is 5.11 Å². The first-order valence-corrected chi connectivity index (χ1v) is 7.23. The number of methoxy groups -OCH3 is 1. The summed E-state index contributed by atoms with van der Waals surface area (Å²) < 4.78 is 4.44. The Kier molecular flexibility index (Phi) is 5.10. The van der Waals surface area contributed by atoms with Crippen molar-refractivity contribution in [3.05, 3.63) is 35.4 Å². The van der Waals surface area contributed by atoms with Gasteiger partial charge in [-0.3, -0.25) is 24.1 Å². The average molecular weight is 319 g/mol. The van der Waals surface area contributed by atoms with Crippen molar-refractivity contribution in [3.63, 3.8) is 0 Å². The quantitative estimate of drug-likeness (QED) is 0.352. The molecular weight excluding hydrogens is 302 g/mol. The smallest absolute Gasteiger partial charge is 0.320 e. The number of nitrogens with zero attached hydrogens (tertiary/aromatic N) is 1. The number of amides is 2. The first-order valence-electron chi connectivity index (χ1n) is 7.23. The summed E-state index contributed by atoms with van der Waals surface area (Å²) in [5.74, 6) is -3.93. The van der Waals surface area contributed by atoms with Gasteiger partial charge in [-0.2, -0.15) is 0 Å². The number of hydrogen-bond acceptors (Lipinski definition) is 5. The number of imide groups is 1. The van der Waals surface area contributed by atoms with Crippen molar-refractivity contribution in [1.82, 2.24) is 4.90 Å². The predicted molar refractivity (Wildman–Crippen MR) is 78.8 cm³/mol. The maximum Gasteiger partial charge on any atom is 0.320 e. The first kappa shape index (κ1) is 16.7. The van der Waals surface area contributed by atoms with E-state index in [9.17, 15) is 19.2 Å². The molecule has 0 fully saturated rings. The van der Waals surface area contributed by atoms with Crippen LogP contribution in [0.5, 0.6) is 0 Å². The number of carboxylic acids is 1. The van der Waals surface area contributed by atoms with Gasteiger partial charge in [0.05, 0.1) is 18.2 Å². The molecule has 0 spiro atoms. The minimum absolute atomic E-state index is 0.102. The maximum absolute atomic E-state index is 12.1. The summed E-state index contributed by atoms with van der Waals surface area (Å²) in [6, 6.07) is 6.60. The zero-order valence-corrected chi connectivity index (χ0v) is 12.7. The molecule has 1 unspecified atom stereocenters. The third-order valence-corrected chi connectivity index (χ3v) is 3.79. The number of rotatable bonds is 7. The number of esters is 1. The van der Waals surface area contributed by atoms with Gasteiger partial charge < -0.3 is 9.84 Å². The van der Waals surface area contributed by atoms with Crippen molar-refractivity contribution in [1.29, 1.82) is 0 Å². The normalized spacial score (nSPS) is 14.6. The van der Waals surface area contributed by atoms with Crippen LogP contribution in [0.3, 0.4) is 0 Å². The molecule has 1 aliphatic heterocycles. The van der Waals surface area contributed by atoms with Gasteiger partial charge in [-0.1, -0.05) is 18.6 Å². The van der Waals surface area contributed by atoms with Crippen molar-refractivity contribution in [2.45, 2.75) is 19.3 Å². The van der Waals surface area contributed by atoms with Crippen LogP contribution in [0.15, 0.2) is 24.3 Å².